The number of rotatable bonds is 5. The van der Waals surface area contributed by atoms with Crippen molar-refractivity contribution < 1.29 is 14.6 Å². The van der Waals surface area contributed by atoms with Crippen molar-refractivity contribution in [1.29, 1.82) is 0 Å². The molecule has 0 aliphatic rings. The molecule has 15 heavy (non-hydrogen) atoms. The highest BCUT2D eigenvalue weighted by Gasteiger charge is 2.08. The van der Waals surface area contributed by atoms with Crippen LogP contribution in [0.4, 0.5) is 0 Å². The first-order chi connectivity index (χ1) is 7.19. The van der Waals surface area contributed by atoms with Gasteiger partial charge >= 0.3 is 5.97 Å². The minimum absolute atomic E-state index is 0.266. The number of ether oxygens (including phenoxy) is 1. The Bertz CT molecular complexity index is 350. The van der Waals surface area contributed by atoms with Crippen molar-refractivity contribution >= 4 is 5.97 Å². The third-order valence-electron chi connectivity index (χ3n) is 2.02. The zero-order chi connectivity index (χ0) is 11.3. The van der Waals surface area contributed by atoms with Gasteiger partial charge in [-0.05, 0) is 43.7 Å². The first-order valence-electron chi connectivity index (χ1n) is 4.88. The third-order valence-corrected chi connectivity index (χ3v) is 2.02. The maximum Gasteiger partial charge on any atom is 0.335 e. The summed E-state index contributed by atoms with van der Waals surface area (Å²) in [7, 11) is 0. The normalized spacial score (nSPS) is 10.0. The highest BCUT2D eigenvalue weighted by atomic mass is 16.5. The van der Waals surface area contributed by atoms with E-state index in [2.05, 4.69) is 0 Å². The lowest BCUT2D eigenvalue weighted by atomic mass is 10.1. The van der Waals surface area contributed by atoms with E-state index in [0.29, 0.717) is 25.3 Å². The number of carbonyl (C=O) groups is 1. The molecule has 0 aliphatic heterocycles. The van der Waals surface area contributed by atoms with Crippen LogP contribution in [0.3, 0.4) is 0 Å². The van der Waals surface area contributed by atoms with Gasteiger partial charge in [-0.15, -0.1) is 0 Å². The molecule has 1 aromatic rings. The van der Waals surface area contributed by atoms with Gasteiger partial charge in [0.1, 0.15) is 5.75 Å². The van der Waals surface area contributed by atoms with Crippen LogP contribution in [-0.2, 0) is 6.42 Å². The number of hydrogen-bond acceptors (Lipinski definition) is 3. The van der Waals surface area contributed by atoms with E-state index in [0.717, 1.165) is 5.56 Å². The summed E-state index contributed by atoms with van der Waals surface area (Å²) in [5.41, 5.74) is 6.56. The van der Waals surface area contributed by atoms with Crippen LogP contribution in [0.1, 0.15) is 22.8 Å². The molecule has 0 atom stereocenters. The fraction of sp³-hybridized carbons (Fsp3) is 0.364. The van der Waals surface area contributed by atoms with Crippen molar-refractivity contribution in [2.45, 2.75) is 13.3 Å². The largest absolute Gasteiger partial charge is 0.494 e. The van der Waals surface area contributed by atoms with Gasteiger partial charge in [0.15, 0.2) is 0 Å². The number of benzene rings is 1. The molecule has 4 nitrogen and oxygen atoms in total. The number of aromatic carboxylic acids is 1. The van der Waals surface area contributed by atoms with Gasteiger partial charge in [-0.1, -0.05) is 0 Å². The van der Waals surface area contributed by atoms with Gasteiger partial charge in [0.05, 0.1) is 12.2 Å². The molecule has 0 saturated carbocycles. The summed E-state index contributed by atoms with van der Waals surface area (Å²) in [4.78, 5) is 10.8. The van der Waals surface area contributed by atoms with Gasteiger partial charge < -0.3 is 15.6 Å². The monoisotopic (exact) mass is 209 g/mol. The Hall–Kier alpha value is -1.55. The average Bonchev–Trinajstić information content (AvgIpc) is 2.21. The molecule has 82 valence electrons. The molecule has 0 heterocycles. The van der Waals surface area contributed by atoms with Gasteiger partial charge in [-0.2, -0.15) is 0 Å². The van der Waals surface area contributed by atoms with Crippen molar-refractivity contribution in [1.82, 2.24) is 0 Å². The van der Waals surface area contributed by atoms with Crippen molar-refractivity contribution in [3.05, 3.63) is 29.3 Å². The fourth-order valence-electron chi connectivity index (χ4n) is 1.36. The van der Waals surface area contributed by atoms with Crippen LogP contribution in [0.5, 0.6) is 5.75 Å². The lowest BCUT2D eigenvalue weighted by Gasteiger charge is -2.10. The predicted octanol–water partition coefficient (Wildman–Crippen LogP) is 1.28. The minimum Gasteiger partial charge on any atom is -0.494 e. The van der Waals surface area contributed by atoms with Crippen LogP contribution in [0.15, 0.2) is 18.2 Å². The molecule has 0 aliphatic carbocycles. The van der Waals surface area contributed by atoms with Crippen molar-refractivity contribution in [3.63, 3.8) is 0 Å². The van der Waals surface area contributed by atoms with Crippen LogP contribution in [0.2, 0.25) is 0 Å². The first kappa shape index (κ1) is 11.5. The van der Waals surface area contributed by atoms with Crippen LogP contribution in [0, 0.1) is 0 Å². The molecule has 0 saturated heterocycles. The third kappa shape index (κ3) is 2.95. The van der Waals surface area contributed by atoms with E-state index in [1.807, 2.05) is 6.92 Å². The maximum atomic E-state index is 10.8. The summed E-state index contributed by atoms with van der Waals surface area (Å²) in [5, 5.41) is 8.83. The number of carboxylic acid groups (broad SMARTS) is 1. The molecule has 0 bridgehead atoms. The predicted molar refractivity (Wildman–Crippen MR) is 57.3 cm³/mol. The van der Waals surface area contributed by atoms with Crippen LogP contribution in [0.25, 0.3) is 0 Å². The molecule has 3 N–H and O–H groups in total. The number of carboxylic acids is 1. The zero-order valence-electron chi connectivity index (χ0n) is 8.69. The molecule has 0 fully saturated rings. The van der Waals surface area contributed by atoms with Crippen LogP contribution >= 0.6 is 0 Å². The van der Waals surface area contributed by atoms with Gasteiger partial charge in [0, 0.05) is 0 Å². The SMILES string of the molecule is CCOc1ccc(C(=O)O)cc1CCN. The van der Waals surface area contributed by atoms with Gasteiger partial charge in [-0.25, -0.2) is 4.79 Å². The summed E-state index contributed by atoms with van der Waals surface area (Å²) >= 11 is 0. The fourth-order valence-corrected chi connectivity index (χ4v) is 1.36. The maximum absolute atomic E-state index is 10.8. The summed E-state index contributed by atoms with van der Waals surface area (Å²) in [5.74, 6) is -0.218. The second-order valence-electron chi connectivity index (χ2n) is 3.10. The smallest absolute Gasteiger partial charge is 0.335 e. The molecule has 0 amide bonds. The molecule has 1 rings (SSSR count). The molecule has 0 spiro atoms. The van der Waals surface area contributed by atoms with E-state index in [4.69, 9.17) is 15.6 Å². The molecule has 1 aromatic carbocycles. The Balaban J connectivity index is 3.02. The zero-order valence-corrected chi connectivity index (χ0v) is 8.69. The molecule has 0 radical (unpaired) electrons. The molecular formula is C11H15NO3. The quantitative estimate of drug-likeness (QED) is 0.766. The van der Waals surface area contributed by atoms with Gasteiger partial charge in [0.25, 0.3) is 0 Å². The van der Waals surface area contributed by atoms with Gasteiger partial charge in [0.2, 0.25) is 0 Å². The Labute approximate surface area is 88.7 Å². The second kappa shape index (κ2) is 5.36. The average molecular weight is 209 g/mol. The highest BCUT2D eigenvalue weighted by molar-refractivity contribution is 5.88. The molecule has 0 unspecified atom stereocenters. The standard InChI is InChI=1S/C11H15NO3/c1-2-15-10-4-3-9(11(13)14)7-8(10)5-6-12/h3-4,7H,2,5-6,12H2,1H3,(H,13,14). The number of hydrogen-bond donors (Lipinski definition) is 2. The Morgan fingerprint density at radius 2 is 2.27 bits per heavy atom. The van der Waals surface area contributed by atoms with E-state index in [1.165, 1.54) is 6.07 Å². The summed E-state index contributed by atoms with van der Waals surface area (Å²) in [6.07, 6.45) is 0.621. The lowest BCUT2D eigenvalue weighted by Crippen LogP contribution is -2.07. The molecule has 0 aromatic heterocycles. The molecule has 4 heteroatoms. The highest BCUT2D eigenvalue weighted by Crippen LogP contribution is 2.20. The van der Waals surface area contributed by atoms with Gasteiger partial charge in [-0.3, -0.25) is 0 Å². The minimum atomic E-state index is -0.934. The van der Waals surface area contributed by atoms with Crippen molar-refractivity contribution in [2.75, 3.05) is 13.2 Å². The van der Waals surface area contributed by atoms with Crippen molar-refractivity contribution in [2.24, 2.45) is 5.73 Å². The van der Waals surface area contributed by atoms with E-state index < -0.39 is 5.97 Å². The summed E-state index contributed by atoms with van der Waals surface area (Å²) in [6, 6.07) is 4.82. The lowest BCUT2D eigenvalue weighted by molar-refractivity contribution is 0.0696. The second-order valence-corrected chi connectivity index (χ2v) is 3.10. The van der Waals surface area contributed by atoms with Crippen molar-refractivity contribution in [3.8, 4) is 5.75 Å². The Morgan fingerprint density at radius 3 is 2.80 bits per heavy atom. The topological polar surface area (TPSA) is 72.5 Å². The van der Waals surface area contributed by atoms with E-state index in [-0.39, 0.29) is 5.56 Å². The summed E-state index contributed by atoms with van der Waals surface area (Å²) in [6.45, 7) is 2.92. The van der Waals surface area contributed by atoms with E-state index >= 15 is 0 Å². The number of nitrogens with two attached hydrogens (primary N) is 1. The van der Waals surface area contributed by atoms with Crippen LogP contribution in [-0.4, -0.2) is 24.2 Å². The Kier molecular flexibility index (Phi) is 4.12. The summed E-state index contributed by atoms with van der Waals surface area (Å²) < 4.78 is 5.38. The molecular weight excluding hydrogens is 194 g/mol. The van der Waals surface area contributed by atoms with Crippen LogP contribution < -0.4 is 10.5 Å². The Morgan fingerprint density at radius 1 is 1.53 bits per heavy atom. The first-order valence-corrected chi connectivity index (χ1v) is 4.88. The van der Waals surface area contributed by atoms with E-state index in [9.17, 15) is 4.79 Å². The van der Waals surface area contributed by atoms with E-state index in [1.54, 1.807) is 12.1 Å².